The van der Waals surface area contributed by atoms with Crippen molar-refractivity contribution in [3.63, 3.8) is 0 Å². The number of nitrogens with zero attached hydrogens (tertiary/aromatic N) is 3. The quantitative estimate of drug-likeness (QED) is 0.629. The first-order valence-corrected chi connectivity index (χ1v) is 3.29. The van der Waals surface area contributed by atoms with Crippen LogP contribution in [0.15, 0.2) is 6.20 Å². The lowest BCUT2D eigenvalue weighted by Gasteiger charge is -1.97. The fourth-order valence-electron chi connectivity index (χ4n) is 0.783. The third-order valence-electron chi connectivity index (χ3n) is 1.30. The Bertz CT molecular complexity index is 300. The van der Waals surface area contributed by atoms with Crippen LogP contribution >= 0.6 is 0 Å². The van der Waals surface area contributed by atoms with Crippen LogP contribution in [0.1, 0.15) is 18.3 Å². The molecule has 0 aliphatic rings. The Kier molecular flexibility index (Phi) is 2.02. The van der Waals surface area contributed by atoms with Gasteiger partial charge < -0.3 is 5.73 Å². The van der Waals surface area contributed by atoms with Gasteiger partial charge in [-0.3, -0.25) is 0 Å². The number of nitrogen functional groups attached to an aromatic ring is 1. The molecule has 0 radical (unpaired) electrons. The highest BCUT2D eigenvalue weighted by Gasteiger charge is 2.01. The first-order valence-electron chi connectivity index (χ1n) is 3.29. The predicted octanol–water partition coefficient (Wildman–Crippen LogP) is 0.493. The molecule has 0 unspecified atom stereocenters. The lowest BCUT2D eigenvalue weighted by molar-refractivity contribution is 0.989. The highest BCUT2D eigenvalue weighted by molar-refractivity contribution is 5.33. The molecule has 0 amide bonds. The van der Waals surface area contributed by atoms with Crippen molar-refractivity contribution in [2.24, 2.45) is 0 Å². The molecule has 56 valence electrons. The molecule has 0 atom stereocenters. The Morgan fingerprint density at radius 2 is 2.45 bits per heavy atom. The minimum absolute atomic E-state index is 0.362. The summed E-state index contributed by atoms with van der Waals surface area (Å²) in [7, 11) is 0. The lowest BCUT2D eigenvalue weighted by atomic mass is 10.2. The molecule has 4 nitrogen and oxygen atoms in total. The van der Waals surface area contributed by atoms with Crippen molar-refractivity contribution in [2.45, 2.75) is 13.3 Å². The molecule has 1 aromatic heterocycles. The van der Waals surface area contributed by atoms with Crippen LogP contribution in [0, 0.1) is 11.3 Å². The van der Waals surface area contributed by atoms with E-state index in [1.807, 2.05) is 13.0 Å². The van der Waals surface area contributed by atoms with Gasteiger partial charge in [-0.2, -0.15) is 5.26 Å². The molecule has 1 heterocycles. The van der Waals surface area contributed by atoms with Crippen molar-refractivity contribution in [1.82, 2.24) is 9.97 Å². The second-order valence-electron chi connectivity index (χ2n) is 2.06. The number of aryl methyl sites for hydroxylation is 1. The number of rotatable bonds is 1. The van der Waals surface area contributed by atoms with E-state index in [0.717, 1.165) is 0 Å². The first-order chi connectivity index (χ1) is 5.27. The first kappa shape index (κ1) is 7.48. The van der Waals surface area contributed by atoms with E-state index in [1.165, 1.54) is 6.20 Å². The number of anilines is 1. The van der Waals surface area contributed by atoms with E-state index in [9.17, 15) is 0 Å². The molecule has 0 aliphatic carbocycles. The van der Waals surface area contributed by atoms with Crippen LogP contribution in [0.25, 0.3) is 0 Å². The number of nitrogens with two attached hydrogens (primary N) is 1. The maximum Gasteiger partial charge on any atom is 0.162 e. The molecule has 0 fully saturated rings. The number of aromatic nitrogens is 2. The Morgan fingerprint density at radius 3 is 3.00 bits per heavy atom. The van der Waals surface area contributed by atoms with Gasteiger partial charge in [0.25, 0.3) is 0 Å². The molecule has 2 N–H and O–H groups in total. The second-order valence-corrected chi connectivity index (χ2v) is 2.06. The molecule has 4 heteroatoms. The van der Waals surface area contributed by atoms with Crippen molar-refractivity contribution in [3.05, 3.63) is 17.6 Å². The fraction of sp³-hybridized carbons (Fsp3) is 0.286. The SMILES string of the molecule is CCc1nc(N)cnc1C#N. The fourth-order valence-corrected chi connectivity index (χ4v) is 0.783. The van der Waals surface area contributed by atoms with Crippen molar-refractivity contribution in [3.8, 4) is 6.07 Å². The van der Waals surface area contributed by atoms with E-state index in [2.05, 4.69) is 9.97 Å². The third-order valence-corrected chi connectivity index (χ3v) is 1.30. The summed E-state index contributed by atoms with van der Waals surface area (Å²) < 4.78 is 0. The summed E-state index contributed by atoms with van der Waals surface area (Å²) in [6.45, 7) is 1.91. The van der Waals surface area contributed by atoms with Crippen LogP contribution in [-0.4, -0.2) is 9.97 Å². The maximum atomic E-state index is 8.55. The number of nitriles is 1. The van der Waals surface area contributed by atoms with Crippen LogP contribution in [0.4, 0.5) is 5.82 Å². The molecule has 0 aromatic carbocycles. The summed E-state index contributed by atoms with van der Waals surface area (Å²) >= 11 is 0. The zero-order valence-electron chi connectivity index (χ0n) is 6.20. The van der Waals surface area contributed by atoms with Crippen molar-refractivity contribution in [2.75, 3.05) is 5.73 Å². The minimum Gasteiger partial charge on any atom is -0.382 e. The molecule has 0 saturated heterocycles. The molecular weight excluding hydrogens is 140 g/mol. The van der Waals surface area contributed by atoms with Crippen LogP contribution in [0.3, 0.4) is 0 Å². The molecule has 0 bridgehead atoms. The molecule has 0 aliphatic heterocycles. The van der Waals surface area contributed by atoms with Crippen LogP contribution in [0.5, 0.6) is 0 Å². The predicted molar refractivity (Wildman–Crippen MR) is 40.5 cm³/mol. The Balaban J connectivity index is 3.19. The third kappa shape index (κ3) is 1.44. The summed E-state index contributed by atoms with van der Waals surface area (Å²) in [4.78, 5) is 7.77. The average molecular weight is 148 g/mol. The Labute approximate surface area is 64.7 Å². The van der Waals surface area contributed by atoms with Crippen molar-refractivity contribution < 1.29 is 0 Å². The lowest BCUT2D eigenvalue weighted by Crippen LogP contribution is -2.00. The van der Waals surface area contributed by atoms with Crippen molar-refractivity contribution in [1.29, 1.82) is 5.26 Å². The minimum atomic E-state index is 0.362. The summed E-state index contributed by atoms with van der Waals surface area (Å²) in [5, 5.41) is 8.55. The van der Waals surface area contributed by atoms with E-state index < -0.39 is 0 Å². The van der Waals surface area contributed by atoms with Gasteiger partial charge in [0.1, 0.15) is 11.9 Å². The molecule has 11 heavy (non-hydrogen) atoms. The van der Waals surface area contributed by atoms with Gasteiger partial charge in [0, 0.05) is 0 Å². The standard InChI is InChI=1S/C7H8N4/c1-2-5-6(3-8)10-4-7(9)11-5/h4H,2H2,1H3,(H2,9,11). The summed E-state index contributed by atoms with van der Waals surface area (Å²) in [6, 6.07) is 1.94. The molecule has 0 saturated carbocycles. The van der Waals surface area contributed by atoms with E-state index >= 15 is 0 Å². The van der Waals surface area contributed by atoms with Crippen molar-refractivity contribution >= 4 is 5.82 Å². The normalized spacial score (nSPS) is 9.09. The highest BCUT2D eigenvalue weighted by atomic mass is 14.9. The Hall–Kier alpha value is -1.63. The van der Waals surface area contributed by atoms with E-state index in [1.54, 1.807) is 0 Å². The van der Waals surface area contributed by atoms with Gasteiger partial charge in [-0.05, 0) is 6.42 Å². The molecule has 0 spiro atoms. The Morgan fingerprint density at radius 1 is 1.73 bits per heavy atom. The van der Waals surface area contributed by atoms with E-state index in [-0.39, 0.29) is 0 Å². The van der Waals surface area contributed by atoms with Gasteiger partial charge >= 0.3 is 0 Å². The average Bonchev–Trinajstić information content (AvgIpc) is 2.04. The zero-order chi connectivity index (χ0) is 8.27. The number of hydrogen-bond acceptors (Lipinski definition) is 4. The second kappa shape index (κ2) is 2.97. The van der Waals surface area contributed by atoms with Gasteiger partial charge in [-0.1, -0.05) is 6.92 Å². The van der Waals surface area contributed by atoms with Crippen LogP contribution in [-0.2, 0) is 6.42 Å². The smallest absolute Gasteiger partial charge is 0.162 e. The van der Waals surface area contributed by atoms with Gasteiger partial charge in [0.2, 0.25) is 0 Å². The largest absolute Gasteiger partial charge is 0.382 e. The van der Waals surface area contributed by atoms with Gasteiger partial charge in [0.15, 0.2) is 5.69 Å². The van der Waals surface area contributed by atoms with Gasteiger partial charge in [0.05, 0.1) is 11.9 Å². The van der Waals surface area contributed by atoms with Gasteiger partial charge in [-0.25, -0.2) is 9.97 Å². The molecular formula is C7H8N4. The van der Waals surface area contributed by atoms with E-state index in [4.69, 9.17) is 11.0 Å². The van der Waals surface area contributed by atoms with Crippen LogP contribution in [0.2, 0.25) is 0 Å². The van der Waals surface area contributed by atoms with Gasteiger partial charge in [-0.15, -0.1) is 0 Å². The highest BCUT2D eigenvalue weighted by Crippen LogP contribution is 2.03. The molecule has 1 rings (SSSR count). The van der Waals surface area contributed by atoms with Crippen LogP contribution < -0.4 is 5.73 Å². The zero-order valence-corrected chi connectivity index (χ0v) is 6.20. The number of hydrogen-bond donors (Lipinski definition) is 1. The summed E-state index contributed by atoms with van der Waals surface area (Å²) in [5.74, 6) is 0.362. The summed E-state index contributed by atoms with van der Waals surface area (Å²) in [5.41, 5.74) is 6.40. The summed E-state index contributed by atoms with van der Waals surface area (Å²) in [6.07, 6.45) is 2.07. The topological polar surface area (TPSA) is 75.6 Å². The maximum absolute atomic E-state index is 8.55. The van der Waals surface area contributed by atoms with E-state index in [0.29, 0.717) is 23.6 Å². The monoisotopic (exact) mass is 148 g/mol. The molecule has 1 aromatic rings.